The van der Waals surface area contributed by atoms with Crippen LogP contribution in [-0.2, 0) is 9.59 Å². The molecule has 0 radical (unpaired) electrons. The van der Waals surface area contributed by atoms with E-state index in [1.54, 1.807) is 0 Å². The van der Waals surface area contributed by atoms with Gasteiger partial charge in [-0.15, -0.1) is 0 Å². The van der Waals surface area contributed by atoms with Crippen LogP contribution in [0.25, 0.3) is 0 Å². The third-order valence-corrected chi connectivity index (χ3v) is 6.17. The molecule has 7 nitrogen and oxygen atoms in total. The van der Waals surface area contributed by atoms with Gasteiger partial charge in [0.05, 0.1) is 0 Å². The van der Waals surface area contributed by atoms with Gasteiger partial charge in [0, 0.05) is 0 Å². The van der Waals surface area contributed by atoms with Gasteiger partial charge in [-0.05, 0) is 0 Å². The number of rotatable bonds is 8. The molecule has 9 heteroatoms. The Hall–Kier alpha value is -0.921. The van der Waals surface area contributed by atoms with E-state index < -0.39 is 12.0 Å². The summed E-state index contributed by atoms with van der Waals surface area (Å²) >= 11 is 4.03. The standard InChI is InChI=1S/C13H21N3O4SSe/c17-10(14-8(6-22)12(18)19)4-2-1-3-9-11-7(5-21-9)15-13(20)16-11/h7-9,11,22H,1-6H2,(H,14,17)(H,18,19)(H2,15,16,20)/t7-,8-,9-,11-/m0/s1. The van der Waals surface area contributed by atoms with Crippen molar-refractivity contribution in [2.24, 2.45) is 0 Å². The average molecular weight is 394 g/mol. The number of carboxylic acid groups (broad SMARTS) is 1. The van der Waals surface area contributed by atoms with Crippen LogP contribution in [0, 0.1) is 0 Å². The summed E-state index contributed by atoms with van der Waals surface area (Å²) in [5.41, 5.74) is 0. The summed E-state index contributed by atoms with van der Waals surface area (Å²) in [6, 6.07) is -0.485. The third kappa shape index (κ3) is 4.54. The van der Waals surface area contributed by atoms with Crippen molar-refractivity contribution >= 4 is 45.7 Å². The number of fused-ring (bicyclic) bond motifs is 1. The van der Waals surface area contributed by atoms with E-state index in [9.17, 15) is 14.4 Å². The predicted molar refractivity (Wildman–Crippen MR) is 85.5 cm³/mol. The topological polar surface area (TPSA) is 108 Å². The number of amides is 3. The van der Waals surface area contributed by atoms with E-state index in [2.05, 4.69) is 32.0 Å². The van der Waals surface area contributed by atoms with Crippen LogP contribution in [0.15, 0.2) is 0 Å². The Kier molecular flexibility index (Phi) is 6.40. The number of hydrogen-bond donors (Lipinski definition) is 4. The average Bonchev–Trinajstić information content (AvgIpc) is 3.00. The number of urea groups is 1. The van der Waals surface area contributed by atoms with Gasteiger partial charge in [-0.1, -0.05) is 0 Å². The third-order valence-electron chi connectivity index (χ3n) is 3.90. The number of carbonyl (C=O) groups excluding carboxylic acids is 2. The van der Waals surface area contributed by atoms with Crippen molar-refractivity contribution in [3.8, 4) is 0 Å². The normalized spacial score (nSPS) is 27.7. The molecular weight excluding hydrogens is 373 g/mol. The van der Waals surface area contributed by atoms with Gasteiger partial charge in [-0.25, -0.2) is 4.79 Å². The van der Waals surface area contributed by atoms with Gasteiger partial charge in [0.25, 0.3) is 0 Å². The molecule has 0 aliphatic carbocycles. The molecule has 4 atom stereocenters. The molecule has 0 aromatic carbocycles. The van der Waals surface area contributed by atoms with Crippen LogP contribution < -0.4 is 16.0 Å². The molecule has 0 saturated carbocycles. The van der Waals surface area contributed by atoms with Crippen LogP contribution in [0.3, 0.4) is 0 Å². The summed E-state index contributed by atoms with van der Waals surface area (Å²) in [6.07, 6.45) is 2.91. The monoisotopic (exact) mass is 395 g/mol. The fourth-order valence-electron chi connectivity index (χ4n) is 2.73. The van der Waals surface area contributed by atoms with E-state index in [-0.39, 0.29) is 24.0 Å². The van der Waals surface area contributed by atoms with Crippen molar-refractivity contribution in [3.05, 3.63) is 0 Å². The fourth-order valence-corrected chi connectivity index (χ4v) is 4.79. The number of unbranched alkanes of at least 4 members (excludes halogenated alkanes) is 1. The number of nitrogens with one attached hydrogen (secondary N) is 3. The van der Waals surface area contributed by atoms with Gasteiger partial charge < -0.3 is 0 Å². The van der Waals surface area contributed by atoms with Crippen molar-refractivity contribution in [2.45, 2.75) is 54.4 Å². The maximum atomic E-state index is 11.7. The van der Waals surface area contributed by atoms with E-state index >= 15 is 0 Å². The molecule has 2 fully saturated rings. The Morgan fingerprint density at radius 1 is 1.41 bits per heavy atom. The zero-order chi connectivity index (χ0) is 16.1. The summed E-state index contributed by atoms with van der Waals surface area (Å²) in [5, 5.41) is 18.0. The SMILES string of the molecule is O=C(CCCC[C@@H]1SC[C@@H]2NC(=O)N[C@@H]21)N[C@@H](C[SeH])C(=O)O. The van der Waals surface area contributed by atoms with E-state index in [1.165, 1.54) is 0 Å². The first-order valence-corrected chi connectivity index (χ1v) is 9.70. The van der Waals surface area contributed by atoms with Crippen LogP contribution in [0.2, 0.25) is 5.32 Å². The molecule has 22 heavy (non-hydrogen) atoms. The molecule has 2 aliphatic rings. The van der Waals surface area contributed by atoms with Crippen LogP contribution in [-0.4, -0.2) is 68.2 Å². The minimum absolute atomic E-state index is 0.0858. The molecule has 3 amide bonds. The van der Waals surface area contributed by atoms with Gasteiger partial charge >= 0.3 is 136 Å². The van der Waals surface area contributed by atoms with E-state index in [0.29, 0.717) is 17.0 Å². The van der Waals surface area contributed by atoms with Crippen LogP contribution in [0.4, 0.5) is 4.79 Å². The number of carbonyl (C=O) groups is 3. The zero-order valence-corrected chi connectivity index (χ0v) is 14.8. The Balaban J connectivity index is 1.62. The molecule has 2 rings (SSSR count). The first kappa shape index (κ1) is 17.4. The molecule has 0 aromatic heterocycles. The second-order valence-electron chi connectivity index (χ2n) is 5.51. The molecule has 2 saturated heterocycles. The Labute approximate surface area is 141 Å². The van der Waals surface area contributed by atoms with Crippen molar-refractivity contribution < 1.29 is 19.5 Å². The molecule has 0 spiro atoms. The molecule has 0 bridgehead atoms. The van der Waals surface area contributed by atoms with Crippen molar-refractivity contribution in [3.63, 3.8) is 0 Å². The van der Waals surface area contributed by atoms with E-state index in [1.807, 2.05) is 11.8 Å². The van der Waals surface area contributed by atoms with Gasteiger partial charge in [-0.3, -0.25) is 0 Å². The Morgan fingerprint density at radius 2 is 2.18 bits per heavy atom. The molecule has 124 valence electrons. The Morgan fingerprint density at radius 3 is 2.86 bits per heavy atom. The van der Waals surface area contributed by atoms with Gasteiger partial charge in [0.1, 0.15) is 0 Å². The Bertz CT molecular complexity index is 451. The van der Waals surface area contributed by atoms with Crippen LogP contribution in [0.1, 0.15) is 25.7 Å². The van der Waals surface area contributed by atoms with Crippen LogP contribution in [0.5, 0.6) is 0 Å². The first-order chi connectivity index (χ1) is 10.5. The van der Waals surface area contributed by atoms with Crippen LogP contribution >= 0.6 is 11.8 Å². The second-order valence-corrected chi connectivity index (χ2v) is 7.55. The van der Waals surface area contributed by atoms with Crippen molar-refractivity contribution in [1.82, 2.24) is 16.0 Å². The number of thioether (sulfide) groups is 1. The molecule has 0 aromatic rings. The first-order valence-electron chi connectivity index (χ1n) is 7.33. The minimum atomic E-state index is -1.01. The number of carboxylic acids is 1. The molecule has 4 N–H and O–H groups in total. The summed E-state index contributed by atoms with van der Waals surface area (Å²) < 4.78 is 0. The molecular formula is C13H21N3O4SSe. The van der Waals surface area contributed by atoms with Crippen molar-refractivity contribution in [2.75, 3.05) is 5.75 Å². The molecule has 2 heterocycles. The summed E-state index contributed by atoms with van der Waals surface area (Å²) in [7, 11) is 0. The van der Waals surface area contributed by atoms with Crippen molar-refractivity contribution in [1.29, 1.82) is 0 Å². The second kappa shape index (κ2) is 8.08. The summed E-state index contributed by atoms with van der Waals surface area (Å²) in [4.78, 5) is 33.8. The van der Waals surface area contributed by atoms with Gasteiger partial charge in [0.2, 0.25) is 0 Å². The van der Waals surface area contributed by atoms with Gasteiger partial charge in [-0.2, -0.15) is 0 Å². The molecule has 2 aliphatic heterocycles. The zero-order valence-electron chi connectivity index (χ0n) is 12.1. The quantitative estimate of drug-likeness (QED) is 0.255. The van der Waals surface area contributed by atoms with E-state index in [0.717, 1.165) is 25.0 Å². The number of aliphatic carboxylic acids is 1. The fraction of sp³-hybridized carbons (Fsp3) is 0.769. The summed E-state index contributed by atoms with van der Waals surface area (Å²) in [6.45, 7) is 0. The number of hydrogen-bond acceptors (Lipinski definition) is 4. The predicted octanol–water partition coefficient (Wildman–Crippen LogP) is -0.399. The molecule has 0 unspecified atom stereocenters. The maximum absolute atomic E-state index is 11.7. The van der Waals surface area contributed by atoms with Gasteiger partial charge in [0.15, 0.2) is 0 Å². The summed E-state index contributed by atoms with van der Waals surface area (Å²) in [5.74, 6) is -0.290. The van der Waals surface area contributed by atoms with E-state index in [4.69, 9.17) is 5.11 Å².